The number of hydrogen-bond acceptors (Lipinski definition) is 5. The fourth-order valence-corrected chi connectivity index (χ4v) is 4.68. The van der Waals surface area contributed by atoms with Crippen molar-refractivity contribution < 1.29 is 17.9 Å². The maximum absolute atomic E-state index is 13.2. The quantitative estimate of drug-likeness (QED) is 0.745. The molecule has 24 heavy (non-hydrogen) atoms. The van der Waals surface area contributed by atoms with Crippen LogP contribution in [0.15, 0.2) is 23.1 Å². The molecule has 0 aromatic heterocycles. The minimum atomic E-state index is -3.55. The van der Waals surface area contributed by atoms with Crippen LogP contribution in [0.3, 0.4) is 0 Å². The van der Waals surface area contributed by atoms with E-state index in [2.05, 4.69) is 0 Å². The lowest BCUT2D eigenvalue weighted by molar-refractivity contribution is 0.0573. The second-order valence-corrected chi connectivity index (χ2v) is 8.28. The largest absolute Gasteiger partial charge is 0.496 e. The SMILES string of the molecule is COc1ccc(S(=O)(=O)N(CCN(C)C)C2CCOCC2)cc1C. The van der Waals surface area contributed by atoms with E-state index in [9.17, 15) is 8.42 Å². The van der Waals surface area contributed by atoms with Crippen LogP contribution in [0.5, 0.6) is 5.75 Å². The molecule has 0 radical (unpaired) electrons. The van der Waals surface area contributed by atoms with Gasteiger partial charge in [-0.05, 0) is 57.6 Å². The molecule has 0 amide bonds. The smallest absolute Gasteiger partial charge is 0.243 e. The first-order chi connectivity index (χ1) is 11.4. The van der Waals surface area contributed by atoms with Crippen molar-refractivity contribution in [2.75, 3.05) is 47.5 Å². The number of likely N-dealkylation sites (N-methyl/N-ethyl adjacent to an activating group) is 1. The summed E-state index contributed by atoms with van der Waals surface area (Å²) in [5.74, 6) is 0.694. The minimum absolute atomic E-state index is 0.00823. The zero-order valence-electron chi connectivity index (χ0n) is 15.0. The van der Waals surface area contributed by atoms with E-state index < -0.39 is 10.0 Å². The van der Waals surface area contributed by atoms with Gasteiger partial charge in [-0.2, -0.15) is 4.31 Å². The van der Waals surface area contributed by atoms with Crippen LogP contribution >= 0.6 is 0 Å². The number of benzene rings is 1. The molecule has 0 saturated carbocycles. The van der Waals surface area contributed by atoms with Gasteiger partial charge in [-0.1, -0.05) is 0 Å². The lowest BCUT2D eigenvalue weighted by atomic mass is 10.1. The van der Waals surface area contributed by atoms with Gasteiger partial charge in [-0.15, -0.1) is 0 Å². The summed E-state index contributed by atoms with van der Waals surface area (Å²) < 4.78 is 38.7. The van der Waals surface area contributed by atoms with E-state index in [-0.39, 0.29) is 6.04 Å². The van der Waals surface area contributed by atoms with Crippen molar-refractivity contribution in [2.24, 2.45) is 0 Å². The molecule has 1 aliphatic heterocycles. The van der Waals surface area contributed by atoms with Gasteiger partial charge in [0.1, 0.15) is 5.75 Å². The number of methoxy groups -OCH3 is 1. The van der Waals surface area contributed by atoms with Gasteiger partial charge >= 0.3 is 0 Å². The molecule has 2 rings (SSSR count). The van der Waals surface area contributed by atoms with Crippen LogP contribution in [-0.2, 0) is 14.8 Å². The second-order valence-electron chi connectivity index (χ2n) is 6.39. The summed E-state index contributed by atoms with van der Waals surface area (Å²) in [6.45, 7) is 4.24. The molecule has 1 fully saturated rings. The number of ether oxygens (including phenoxy) is 2. The fraction of sp³-hybridized carbons (Fsp3) is 0.647. The van der Waals surface area contributed by atoms with Crippen LogP contribution in [0, 0.1) is 6.92 Å². The van der Waals surface area contributed by atoms with Gasteiger partial charge in [-0.25, -0.2) is 8.42 Å². The second kappa shape index (κ2) is 8.29. The summed E-state index contributed by atoms with van der Waals surface area (Å²) in [5, 5.41) is 0. The first kappa shape index (κ1) is 19.2. The van der Waals surface area contributed by atoms with Crippen molar-refractivity contribution in [2.45, 2.75) is 30.7 Å². The van der Waals surface area contributed by atoms with Crippen LogP contribution in [0.1, 0.15) is 18.4 Å². The van der Waals surface area contributed by atoms with Crippen molar-refractivity contribution in [3.05, 3.63) is 23.8 Å². The summed E-state index contributed by atoms with van der Waals surface area (Å²) in [5.41, 5.74) is 0.818. The molecule has 0 aliphatic carbocycles. The molecular formula is C17H28N2O4S. The summed E-state index contributed by atoms with van der Waals surface area (Å²) in [4.78, 5) is 2.33. The van der Waals surface area contributed by atoms with E-state index in [1.807, 2.05) is 25.9 Å². The van der Waals surface area contributed by atoms with Gasteiger partial charge < -0.3 is 14.4 Å². The molecule has 0 bridgehead atoms. The molecule has 0 N–H and O–H groups in total. The van der Waals surface area contributed by atoms with E-state index in [0.717, 1.165) is 18.4 Å². The Hall–Kier alpha value is -1.15. The van der Waals surface area contributed by atoms with Gasteiger partial charge in [0, 0.05) is 32.3 Å². The molecule has 1 heterocycles. The van der Waals surface area contributed by atoms with E-state index in [1.54, 1.807) is 29.6 Å². The van der Waals surface area contributed by atoms with Gasteiger partial charge in [-0.3, -0.25) is 0 Å². The molecule has 0 atom stereocenters. The monoisotopic (exact) mass is 356 g/mol. The highest BCUT2D eigenvalue weighted by Gasteiger charge is 2.32. The average Bonchev–Trinajstić information content (AvgIpc) is 2.55. The first-order valence-electron chi connectivity index (χ1n) is 8.25. The highest BCUT2D eigenvalue weighted by Crippen LogP contribution is 2.27. The van der Waals surface area contributed by atoms with Gasteiger partial charge in [0.2, 0.25) is 10.0 Å². The Morgan fingerprint density at radius 2 is 1.88 bits per heavy atom. The highest BCUT2D eigenvalue weighted by atomic mass is 32.2. The van der Waals surface area contributed by atoms with E-state index in [0.29, 0.717) is 36.9 Å². The van der Waals surface area contributed by atoms with Crippen LogP contribution in [0.25, 0.3) is 0 Å². The molecule has 7 heteroatoms. The highest BCUT2D eigenvalue weighted by molar-refractivity contribution is 7.89. The van der Waals surface area contributed by atoms with E-state index in [4.69, 9.17) is 9.47 Å². The predicted molar refractivity (Wildman–Crippen MR) is 94.0 cm³/mol. The molecule has 1 aromatic carbocycles. The van der Waals surface area contributed by atoms with Crippen LogP contribution in [0.2, 0.25) is 0 Å². The summed E-state index contributed by atoms with van der Waals surface area (Å²) in [6.07, 6.45) is 1.48. The number of rotatable bonds is 7. The molecule has 1 saturated heterocycles. The Kier molecular flexibility index (Phi) is 6.62. The normalized spacial score (nSPS) is 16.8. The van der Waals surface area contributed by atoms with E-state index >= 15 is 0 Å². The summed E-state index contributed by atoms with van der Waals surface area (Å²) >= 11 is 0. The minimum Gasteiger partial charge on any atom is -0.496 e. The van der Waals surface area contributed by atoms with Crippen molar-refractivity contribution >= 4 is 10.0 Å². The number of hydrogen-bond donors (Lipinski definition) is 0. The van der Waals surface area contributed by atoms with Crippen LogP contribution in [-0.4, -0.2) is 71.2 Å². The Morgan fingerprint density at radius 1 is 1.21 bits per heavy atom. The Balaban J connectivity index is 2.32. The maximum atomic E-state index is 13.2. The number of sulfonamides is 1. The summed E-state index contributed by atoms with van der Waals surface area (Å²) in [6, 6.07) is 5.03. The zero-order chi connectivity index (χ0) is 17.7. The lowest BCUT2D eigenvalue weighted by Gasteiger charge is -2.34. The molecule has 1 aromatic rings. The molecule has 136 valence electrons. The molecule has 0 unspecified atom stereocenters. The van der Waals surface area contributed by atoms with Crippen molar-refractivity contribution in [1.82, 2.24) is 9.21 Å². The van der Waals surface area contributed by atoms with E-state index in [1.165, 1.54) is 0 Å². The van der Waals surface area contributed by atoms with Crippen molar-refractivity contribution in [3.63, 3.8) is 0 Å². The van der Waals surface area contributed by atoms with Crippen LogP contribution in [0.4, 0.5) is 0 Å². The van der Waals surface area contributed by atoms with Gasteiger partial charge in [0.05, 0.1) is 12.0 Å². The van der Waals surface area contributed by atoms with Crippen molar-refractivity contribution in [3.8, 4) is 5.75 Å². The Bertz CT molecular complexity index is 640. The summed E-state index contributed by atoms with van der Waals surface area (Å²) in [7, 11) is 1.94. The van der Waals surface area contributed by atoms with Gasteiger partial charge in [0.15, 0.2) is 0 Å². The fourth-order valence-electron chi connectivity index (χ4n) is 2.92. The number of aryl methyl sites for hydroxylation is 1. The third-order valence-electron chi connectivity index (χ3n) is 4.34. The third kappa shape index (κ3) is 4.47. The molecule has 1 aliphatic rings. The number of nitrogens with zero attached hydrogens (tertiary/aromatic N) is 2. The lowest BCUT2D eigenvalue weighted by Crippen LogP contribution is -2.46. The molecular weight excluding hydrogens is 328 g/mol. The molecule has 6 nitrogen and oxygen atoms in total. The standard InChI is InChI=1S/C17H28N2O4S/c1-14-13-16(5-6-17(14)22-4)24(20,21)19(10-9-18(2)3)15-7-11-23-12-8-15/h5-6,13,15H,7-12H2,1-4H3. The van der Waals surface area contributed by atoms with Crippen molar-refractivity contribution in [1.29, 1.82) is 0 Å². The zero-order valence-corrected chi connectivity index (χ0v) is 15.8. The van der Waals surface area contributed by atoms with Crippen LogP contribution < -0.4 is 4.74 Å². The first-order valence-corrected chi connectivity index (χ1v) is 9.69. The van der Waals surface area contributed by atoms with Gasteiger partial charge in [0.25, 0.3) is 0 Å². The third-order valence-corrected chi connectivity index (χ3v) is 6.29. The Labute approximate surface area is 145 Å². The maximum Gasteiger partial charge on any atom is 0.243 e. The average molecular weight is 356 g/mol. The topological polar surface area (TPSA) is 59.1 Å². The predicted octanol–water partition coefficient (Wildman–Crippen LogP) is 1.73. The Morgan fingerprint density at radius 3 is 2.42 bits per heavy atom. The molecule has 0 spiro atoms.